The number of carbonyl (C=O) groups excluding carboxylic acids is 1. The van der Waals surface area contributed by atoms with Gasteiger partial charge in [-0.25, -0.2) is 9.67 Å². The van der Waals surface area contributed by atoms with E-state index in [2.05, 4.69) is 25.3 Å². The second-order valence-electron chi connectivity index (χ2n) is 6.66. The Kier molecular flexibility index (Phi) is 5.20. The molecule has 1 amide bonds. The molecule has 0 radical (unpaired) electrons. The van der Waals surface area contributed by atoms with Crippen LogP contribution in [-0.4, -0.2) is 43.6 Å². The molecule has 1 N–H and O–H groups in total. The first-order valence-corrected chi connectivity index (χ1v) is 9.17. The van der Waals surface area contributed by atoms with Crippen molar-refractivity contribution < 1.29 is 4.79 Å². The van der Waals surface area contributed by atoms with Gasteiger partial charge in [-0.2, -0.15) is 5.10 Å². The number of hydrogen-bond acceptors (Lipinski definition) is 5. The van der Waals surface area contributed by atoms with Crippen molar-refractivity contribution in [1.29, 1.82) is 0 Å². The fourth-order valence-corrected chi connectivity index (χ4v) is 3.46. The van der Waals surface area contributed by atoms with E-state index in [1.807, 2.05) is 36.4 Å². The maximum absolute atomic E-state index is 13.0. The summed E-state index contributed by atoms with van der Waals surface area (Å²) < 4.78 is 1.70. The lowest BCUT2D eigenvalue weighted by Gasteiger charge is -2.26. The van der Waals surface area contributed by atoms with Gasteiger partial charge >= 0.3 is 0 Å². The Hall–Kier alpha value is -3.06. The maximum atomic E-state index is 13.0. The summed E-state index contributed by atoms with van der Waals surface area (Å²) in [6.45, 7) is 2.38. The number of hydrogen-bond donors (Lipinski definition) is 1. The molecular weight excluding hydrogens is 340 g/mol. The van der Waals surface area contributed by atoms with Crippen LogP contribution < -0.4 is 5.32 Å². The second-order valence-corrected chi connectivity index (χ2v) is 6.66. The standard InChI is InChI=1S/C20H22N6O/c27-20(19(25-10-1-2-11-25)17-4-3-9-21-13-17)23-12-16-5-7-18(8-6-16)26-15-22-14-24-26/h3-9,13-15,19H,1-2,10-12H2,(H,23,27). The van der Waals surface area contributed by atoms with Crippen LogP contribution in [0.3, 0.4) is 0 Å². The SMILES string of the molecule is O=C(NCc1ccc(-n2cncn2)cc1)C(c1cccnc1)N1CCCC1. The molecule has 1 aliphatic rings. The van der Waals surface area contributed by atoms with Crippen molar-refractivity contribution in [1.82, 2.24) is 30.0 Å². The van der Waals surface area contributed by atoms with Crippen molar-refractivity contribution >= 4 is 5.91 Å². The van der Waals surface area contributed by atoms with E-state index in [-0.39, 0.29) is 11.9 Å². The summed E-state index contributed by atoms with van der Waals surface area (Å²) in [4.78, 5) is 23.3. The van der Waals surface area contributed by atoms with Crippen molar-refractivity contribution in [2.24, 2.45) is 0 Å². The Balaban J connectivity index is 1.43. The zero-order valence-electron chi connectivity index (χ0n) is 15.0. The van der Waals surface area contributed by atoms with E-state index < -0.39 is 0 Å². The molecule has 3 heterocycles. The fourth-order valence-electron chi connectivity index (χ4n) is 3.46. The highest BCUT2D eigenvalue weighted by molar-refractivity contribution is 5.83. The second kappa shape index (κ2) is 8.09. The maximum Gasteiger partial charge on any atom is 0.242 e. The minimum absolute atomic E-state index is 0.0188. The van der Waals surface area contributed by atoms with Crippen LogP contribution in [0, 0.1) is 0 Å². The average molecular weight is 362 g/mol. The number of pyridine rings is 1. The first-order chi connectivity index (χ1) is 13.3. The third kappa shape index (κ3) is 4.03. The van der Waals surface area contributed by atoms with Gasteiger partial charge in [-0.15, -0.1) is 0 Å². The molecule has 7 heteroatoms. The first kappa shape index (κ1) is 17.4. The van der Waals surface area contributed by atoms with Gasteiger partial charge in [0.2, 0.25) is 5.91 Å². The lowest BCUT2D eigenvalue weighted by Crippen LogP contribution is -2.39. The van der Waals surface area contributed by atoms with Gasteiger partial charge in [0.05, 0.1) is 5.69 Å². The fraction of sp³-hybridized carbons (Fsp3) is 0.300. The number of rotatable bonds is 6. The van der Waals surface area contributed by atoms with Gasteiger partial charge in [0, 0.05) is 18.9 Å². The number of carbonyl (C=O) groups is 1. The predicted octanol–water partition coefficient (Wildman–Crippen LogP) is 2.12. The van der Waals surface area contributed by atoms with Crippen LogP contribution in [0.25, 0.3) is 5.69 Å². The van der Waals surface area contributed by atoms with Gasteiger partial charge in [0.15, 0.2) is 0 Å². The molecule has 3 aromatic rings. The molecule has 1 atom stereocenters. The van der Waals surface area contributed by atoms with Gasteiger partial charge in [0.25, 0.3) is 0 Å². The van der Waals surface area contributed by atoms with E-state index in [0.29, 0.717) is 6.54 Å². The van der Waals surface area contributed by atoms with Crippen LogP contribution in [0.1, 0.15) is 30.0 Å². The molecule has 1 aromatic carbocycles. The molecule has 1 aliphatic heterocycles. The summed E-state index contributed by atoms with van der Waals surface area (Å²) >= 11 is 0. The Morgan fingerprint density at radius 2 is 1.93 bits per heavy atom. The monoisotopic (exact) mass is 362 g/mol. The van der Waals surface area contributed by atoms with Crippen molar-refractivity contribution in [3.05, 3.63) is 72.6 Å². The summed E-state index contributed by atoms with van der Waals surface area (Å²) in [7, 11) is 0. The Bertz CT molecular complexity index is 857. The third-order valence-corrected chi connectivity index (χ3v) is 4.84. The number of amides is 1. The lowest BCUT2D eigenvalue weighted by molar-refractivity contribution is -0.126. The molecule has 138 valence electrons. The van der Waals surface area contributed by atoms with Crippen LogP contribution in [0.4, 0.5) is 0 Å². The number of aromatic nitrogens is 4. The highest BCUT2D eigenvalue weighted by Gasteiger charge is 2.29. The Morgan fingerprint density at radius 1 is 1.11 bits per heavy atom. The van der Waals surface area contributed by atoms with E-state index in [1.165, 1.54) is 6.33 Å². The van der Waals surface area contributed by atoms with Crippen LogP contribution in [0.15, 0.2) is 61.4 Å². The molecule has 1 unspecified atom stereocenters. The highest BCUT2D eigenvalue weighted by Crippen LogP contribution is 2.25. The minimum Gasteiger partial charge on any atom is -0.350 e. The summed E-state index contributed by atoms with van der Waals surface area (Å²) in [5.41, 5.74) is 2.92. The average Bonchev–Trinajstić information content (AvgIpc) is 3.42. The van der Waals surface area contributed by atoms with Crippen LogP contribution in [0.2, 0.25) is 0 Å². The predicted molar refractivity (Wildman–Crippen MR) is 101 cm³/mol. The zero-order valence-corrected chi connectivity index (χ0v) is 15.0. The molecule has 2 aromatic heterocycles. The Morgan fingerprint density at radius 3 is 2.59 bits per heavy atom. The molecule has 0 bridgehead atoms. The van der Waals surface area contributed by atoms with Crippen LogP contribution in [0.5, 0.6) is 0 Å². The van der Waals surface area contributed by atoms with E-state index in [4.69, 9.17) is 0 Å². The van der Waals surface area contributed by atoms with E-state index >= 15 is 0 Å². The molecule has 7 nitrogen and oxygen atoms in total. The number of nitrogens with one attached hydrogen (secondary N) is 1. The van der Waals surface area contributed by atoms with Gasteiger partial charge < -0.3 is 5.32 Å². The normalized spacial score (nSPS) is 15.6. The molecule has 1 saturated heterocycles. The van der Waals surface area contributed by atoms with E-state index in [0.717, 1.165) is 42.7 Å². The summed E-state index contributed by atoms with van der Waals surface area (Å²) in [5, 5.41) is 7.20. The minimum atomic E-state index is -0.282. The summed E-state index contributed by atoms with van der Waals surface area (Å²) in [6, 6.07) is 11.5. The topological polar surface area (TPSA) is 75.9 Å². The molecule has 0 aliphatic carbocycles. The number of nitrogens with zero attached hydrogens (tertiary/aromatic N) is 5. The largest absolute Gasteiger partial charge is 0.350 e. The number of likely N-dealkylation sites (tertiary alicyclic amines) is 1. The van der Waals surface area contributed by atoms with Crippen molar-refractivity contribution in [2.45, 2.75) is 25.4 Å². The zero-order chi connectivity index (χ0) is 18.5. The van der Waals surface area contributed by atoms with Gasteiger partial charge in [-0.3, -0.25) is 14.7 Å². The van der Waals surface area contributed by atoms with Crippen molar-refractivity contribution in [2.75, 3.05) is 13.1 Å². The first-order valence-electron chi connectivity index (χ1n) is 9.17. The third-order valence-electron chi connectivity index (χ3n) is 4.84. The van der Waals surface area contributed by atoms with Gasteiger partial charge in [-0.05, 0) is 55.3 Å². The van der Waals surface area contributed by atoms with E-state index in [9.17, 15) is 4.79 Å². The summed E-state index contributed by atoms with van der Waals surface area (Å²) in [6.07, 6.45) is 8.95. The van der Waals surface area contributed by atoms with E-state index in [1.54, 1.807) is 23.4 Å². The molecule has 0 spiro atoms. The molecule has 1 fully saturated rings. The number of benzene rings is 1. The highest BCUT2D eigenvalue weighted by atomic mass is 16.2. The van der Waals surface area contributed by atoms with Gasteiger partial charge in [0.1, 0.15) is 18.7 Å². The Labute approximate surface area is 158 Å². The van der Waals surface area contributed by atoms with Gasteiger partial charge in [-0.1, -0.05) is 18.2 Å². The van der Waals surface area contributed by atoms with Crippen molar-refractivity contribution in [3.8, 4) is 5.69 Å². The molecular formula is C20H22N6O. The molecule has 0 saturated carbocycles. The van der Waals surface area contributed by atoms with Crippen LogP contribution in [-0.2, 0) is 11.3 Å². The summed E-state index contributed by atoms with van der Waals surface area (Å²) in [5.74, 6) is 0.0188. The van der Waals surface area contributed by atoms with Crippen LogP contribution >= 0.6 is 0 Å². The smallest absolute Gasteiger partial charge is 0.242 e. The molecule has 4 rings (SSSR count). The quantitative estimate of drug-likeness (QED) is 0.727. The lowest BCUT2D eigenvalue weighted by atomic mass is 10.1. The van der Waals surface area contributed by atoms with Crippen molar-refractivity contribution in [3.63, 3.8) is 0 Å². The molecule has 27 heavy (non-hydrogen) atoms.